The van der Waals surface area contributed by atoms with E-state index in [1.807, 2.05) is 35.2 Å². The summed E-state index contributed by atoms with van der Waals surface area (Å²) < 4.78 is 33.8. The van der Waals surface area contributed by atoms with Crippen molar-refractivity contribution in [3.8, 4) is 23.0 Å². The smallest absolute Gasteiger partial charge is 0.319 e. The highest BCUT2D eigenvalue weighted by molar-refractivity contribution is 6.00. The summed E-state index contributed by atoms with van der Waals surface area (Å²) in [5, 5.41) is 2.23. The highest BCUT2D eigenvalue weighted by Crippen LogP contribution is 2.40. The minimum atomic E-state index is -0.551. The molecule has 3 aliphatic heterocycles. The largest absolute Gasteiger partial charge is 0.468 e. The Labute approximate surface area is 243 Å². The van der Waals surface area contributed by atoms with Crippen LogP contribution in [0.2, 0.25) is 0 Å². The highest BCUT2D eigenvalue weighted by atomic mass is 19.1. The van der Waals surface area contributed by atoms with Crippen LogP contribution in [0.1, 0.15) is 38.5 Å². The second kappa shape index (κ2) is 11.1. The summed E-state index contributed by atoms with van der Waals surface area (Å²) in [4.78, 5) is 30.6. The molecule has 0 bridgehead atoms. The standard InChI is InChI=1S/C32H34FN5O4/c1-40-20-42-23-16-21-6-2-3-7-24(21)25(17-23)28-27(33)29-26(18-34-28)30(37-14-8-22(39)9-15-37)36-31(35-29)41-19-32-10-4-12-38(32)13-5-11-32/h2-3,6-7,16-18H,4-5,8-15,19-20H2,1H3. The number of hydrogen-bond donors (Lipinski definition) is 0. The number of hydrogen-bond acceptors (Lipinski definition) is 9. The van der Waals surface area contributed by atoms with Crippen molar-refractivity contribution >= 4 is 33.3 Å². The summed E-state index contributed by atoms with van der Waals surface area (Å²) in [7, 11) is 1.55. The second-order valence-electron chi connectivity index (χ2n) is 11.5. The van der Waals surface area contributed by atoms with Crippen LogP contribution in [-0.2, 0) is 9.53 Å². The van der Waals surface area contributed by atoms with Crippen LogP contribution in [0.3, 0.4) is 0 Å². The van der Waals surface area contributed by atoms with Gasteiger partial charge in [0.05, 0.1) is 10.9 Å². The van der Waals surface area contributed by atoms with E-state index in [-0.39, 0.29) is 35.3 Å². The van der Waals surface area contributed by atoms with Gasteiger partial charge in [0.1, 0.15) is 35.2 Å². The maximum absolute atomic E-state index is 16.7. The summed E-state index contributed by atoms with van der Waals surface area (Å²) in [6.45, 7) is 3.73. The third-order valence-electron chi connectivity index (χ3n) is 8.98. The maximum atomic E-state index is 16.7. The fourth-order valence-electron chi connectivity index (χ4n) is 6.83. The van der Waals surface area contributed by atoms with Crippen LogP contribution < -0.4 is 14.4 Å². The quantitative estimate of drug-likeness (QED) is 0.267. The third kappa shape index (κ3) is 4.82. The fraction of sp³-hybridized carbons (Fsp3) is 0.438. The maximum Gasteiger partial charge on any atom is 0.319 e. The van der Waals surface area contributed by atoms with Gasteiger partial charge in [-0.25, -0.2) is 4.39 Å². The number of ether oxygens (including phenoxy) is 3. The lowest BCUT2D eigenvalue weighted by Crippen LogP contribution is -2.43. The molecule has 5 heterocycles. The fourth-order valence-corrected chi connectivity index (χ4v) is 6.83. The van der Waals surface area contributed by atoms with Gasteiger partial charge in [-0.05, 0) is 61.7 Å². The number of carbonyl (C=O) groups excluding carboxylic acids is 1. The van der Waals surface area contributed by atoms with E-state index in [4.69, 9.17) is 19.2 Å². The molecule has 0 amide bonds. The predicted octanol–water partition coefficient (Wildman–Crippen LogP) is 5.14. The molecule has 218 valence electrons. The summed E-state index contributed by atoms with van der Waals surface area (Å²) in [5.41, 5.74) is 0.912. The van der Waals surface area contributed by atoms with Crippen LogP contribution in [0.5, 0.6) is 11.8 Å². The summed E-state index contributed by atoms with van der Waals surface area (Å²) in [6.07, 6.45) is 6.95. The van der Waals surface area contributed by atoms with Crippen LogP contribution in [0.4, 0.5) is 10.2 Å². The number of ketones is 1. The topological polar surface area (TPSA) is 89.9 Å². The molecular formula is C32H34FN5O4. The molecule has 42 heavy (non-hydrogen) atoms. The molecule has 0 radical (unpaired) electrons. The third-order valence-corrected chi connectivity index (χ3v) is 8.98. The SMILES string of the molecule is COCOc1cc(-c2ncc3c(N4CCC(=O)CC4)nc(OCC45CCCN4CCC5)nc3c2F)c2ccccc2c1. The van der Waals surface area contributed by atoms with E-state index in [1.54, 1.807) is 19.4 Å². The minimum Gasteiger partial charge on any atom is -0.468 e. The van der Waals surface area contributed by atoms with Crippen LogP contribution in [0.25, 0.3) is 32.9 Å². The Hall–Kier alpha value is -3.89. The first kappa shape index (κ1) is 27.0. The first-order chi connectivity index (χ1) is 20.5. The average molecular weight is 572 g/mol. The van der Waals surface area contributed by atoms with E-state index in [1.165, 1.54) is 0 Å². The second-order valence-corrected chi connectivity index (χ2v) is 11.5. The van der Waals surface area contributed by atoms with Crippen LogP contribution >= 0.6 is 0 Å². The van der Waals surface area contributed by atoms with E-state index in [0.29, 0.717) is 55.1 Å². The Morgan fingerprint density at radius 3 is 2.55 bits per heavy atom. The van der Waals surface area contributed by atoms with Crippen molar-refractivity contribution < 1.29 is 23.4 Å². The van der Waals surface area contributed by atoms with Crippen molar-refractivity contribution in [2.24, 2.45) is 0 Å². The molecule has 0 N–H and O–H groups in total. The van der Waals surface area contributed by atoms with E-state index in [9.17, 15) is 4.79 Å². The van der Waals surface area contributed by atoms with Gasteiger partial charge < -0.3 is 19.1 Å². The van der Waals surface area contributed by atoms with E-state index >= 15 is 4.39 Å². The summed E-state index contributed by atoms with van der Waals surface area (Å²) in [5.74, 6) is 0.769. The number of aromatic nitrogens is 3. The Balaban J connectivity index is 1.34. The average Bonchev–Trinajstić information content (AvgIpc) is 3.60. The lowest BCUT2D eigenvalue weighted by molar-refractivity contribution is -0.119. The van der Waals surface area contributed by atoms with Crippen LogP contribution in [0, 0.1) is 5.82 Å². The lowest BCUT2D eigenvalue weighted by atomic mass is 9.95. The van der Waals surface area contributed by atoms with Crippen molar-refractivity contribution in [3.05, 3.63) is 48.4 Å². The van der Waals surface area contributed by atoms with Crippen LogP contribution in [0.15, 0.2) is 42.6 Å². The van der Waals surface area contributed by atoms with E-state index in [0.717, 1.165) is 49.5 Å². The Morgan fingerprint density at radius 2 is 1.76 bits per heavy atom. The predicted molar refractivity (Wildman–Crippen MR) is 157 cm³/mol. The number of fused-ring (bicyclic) bond motifs is 3. The number of Topliss-reactive ketones (excluding diaryl/α,β-unsaturated/α-hetero) is 1. The molecule has 0 saturated carbocycles. The summed E-state index contributed by atoms with van der Waals surface area (Å²) >= 11 is 0. The van der Waals surface area contributed by atoms with Crippen molar-refractivity contribution in [3.63, 3.8) is 0 Å². The molecule has 10 heteroatoms. The molecule has 0 atom stereocenters. The molecule has 0 aliphatic carbocycles. The number of benzene rings is 2. The van der Waals surface area contributed by atoms with Crippen molar-refractivity contribution in [2.75, 3.05) is 51.6 Å². The van der Waals surface area contributed by atoms with Crippen molar-refractivity contribution in [1.29, 1.82) is 0 Å². The summed E-state index contributed by atoms with van der Waals surface area (Å²) in [6, 6.07) is 11.6. The Bertz CT molecular complexity index is 1640. The molecule has 2 aromatic heterocycles. The van der Waals surface area contributed by atoms with Crippen molar-refractivity contribution in [2.45, 2.75) is 44.1 Å². The molecule has 3 aliphatic rings. The number of anilines is 1. The van der Waals surface area contributed by atoms with Crippen molar-refractivity contribution in [1.82, 2.24) is 19.9 Å². The molecule has 0 unspecified atom stereocenters. The number of carbonyl (C=O) groups is 1. The van der Waals surface area contributed by atoms with E-state index in [2.05, 4.69) is 14.9 Å². The van der Waals surface area contributed by atoms with Gasteiger partial charge in [0.25, 0.3) is 0 Å². The number of halogens is 1. The van der Waals surface area contributed by atoms with E-state index < -0.39 is 5.82 Å². The van der Waals surface area contributed by atoms with Gasteiger partial charge in [0.15, 0.2) is 12.6 Å². The van der Waals surface area contributed by atoms with Gasteiger partial charge in [0, 0.05) is 44.8 Å². The zero-order valence-electron chi connectivity index (χ0n) is 23.8. The van der Waals surface area contributed by atoms with Gasteiger partial charge in [-0.3, -0.25) is 14.7 Å². The Kier molecular flexibility index (Phi) is 7.11. The van der Waals surface area contributed by atoms with Gasteiger partial charge >= 0.3 is 6.01 Å². The van der Waals surface area contributed by atoms with Gasteiger partial charge in [-0.2, -0.15) is 9.97 Å². The number of pyridine rings is 1. The molecule has 3 fully saturated rings. The molecular weight excluding hydrogens is 537 g/mol. The van der Waals surface area contributed by atoms with Crippen LogP contribution in [-0.4, -0.2) is 77.9 Å². The first-order valence-electron chi connectivity index (χ1n) is 14.7. The molecule has 4 aromatic rings. The molecule has 3 saturated heterocycles. The number of nitrogens with zero attached hydrogens (tertiary/aromatic N) is 5. The normalized spacial score (nSPS) is 18.6. The van der Waals surface area contributed by atoms with Gasteiger partial charge in [-0.15, -0.1) is 0 Å². The Morgan fingerprint density at radius 1 is 0.976 bits per heavy atom. The minimum absolute atomic E-state index is 0.000466. The lowest BCUT2D eigenvalue weighted by Gasteiger charge is -2.32. The molecule has 9 nitrogen and oxygen atoms in total. The zero-order valence-corrected chi connectivity index (χ0v) is 23.8. The first-order valence-corrected chi connectivity index (χ1v) is 14.7. The molecule has 7 rings (SSSR count). The monoisotopic (exact) mass is 571 g/mol. The highest BCUT2D eigenvalue weighted by Gasteiger charge is 2.45. The molecule has 2 aromatic carbocycles. The van der Waals surface area contributed by atoms with Gasteiger partial charge in [0.2, 0.25) is 0 Å². The zero-order chi connectivity index (χ0) is 28.7. The number of rotatable bonds is 8. The molecule has 0 spiro atoms. The number of piperidine rings is 1. The van der Waals surface area contributed by atoms with Gasteiger partial charge in [-0.1, -0.05) is 24.3 Å². The number of methoxy groups -OCH3 is 1.